The summed E-state index contributed by atoms with van der Waals surface area (Å²) >= 11 is 0. The molecule has 1 N–H and O–H groups in total. The van der Waals surface area contributed by atoms with Crippen LogP contribution in [-0.2, 0) is 29.5 Å². The molecule has 2 unspecified atom stereocenters. The Balaban J connectivity index is 1.54. The van der Waals surface area contributed by atoms with Crippen molar-refractivity contribution in [3.63, 3.8) is 0 Å². The van der Waals surface area contributed by atoms with Gasteiger partial charge in [0.15, 0.2) is 17.2 Å². The normalized spacial score (nSPS) is 49.3. The molecular formula is C28H34O7. The Morgan fingerprint density at radius 1 is 1.14 bits per heavy atom. The van der Waals surface area contributed by atoms with Gasteiger partial charge < -0.3 is 19.0 Å². The van der Waals surface area contributed by atoms with E-state index in [0.717, 1.165) is 5.57 Å². The summed E-state index contributed by atoms with van der Waals surface area (Å²) in [6, 6.07) is 1.65. The Hall–Kier alpha value is -2.25. The van der Waals surface area contributed by atoms with Crippen molar-refractivity contribution >= 4 is 17.5 Å². The Kier molecular flexibility index (Phi) is 4.33. The monoisotopic (exact) mass is 482 g/mol. The number of carbonyl (C=O) groups excluding carboxylic acids is 3. The first kappa shape index (κ1) is 23.2. The van der Waals surface area contributed by atoms with Crippen LogP contribution in [0.25, 0.3) is 0 Å². The molecule has 0 aromatic carbocycles. The van der Waals surface area contributed by atoms with Crippen LogP contribution in [0.15, 0.2) is 34.7 Å². The number of ketones is 2. The summed E-state index contributed by atoms with van der Waals surface area (Å²) in [6.07, 6.45) is 5.19. The molecule has 4 fully saturated rings. The summed E-state index contributed by atoms with van der Waals surface area (Å²) in [5, 5.41) is 12.0. The van der Waals surface area contributed by atoms with Gasteiger partial charge in [0.05, 0.1) is 18.6 Å². The molecule has 9 atom stereocenters. The van der Waals surface area contributed by atoms with E-state index >= 15 is 0 Å². The minimum atomic E-state index is -1.75. The van der Waals surface area contributed by atoms with Crippen LogP contribution in [0.5, 0.6) is 0 Å². The highest BCUT2D eigenvalue weighted by molar-refractivity contribution is 6.03. The Labute approximate surface area is 205 Å². The van der Waals surface area contributed by atoms with Crippen molar-refractivity contribution in [3.8, 4) is 0 Å². The third kappa shape index (κ3) is 2.42. The van der Waals surface area contributed by atoms with Crippen LogP contribution >= 0.6 is 0 Å². The van der Waals surface area contributed by atoms with E-state index in [0.29, 0.717) is 24.8 Å². The van der Waals surface area contributed by atoms with Crippen LogP contribution in [0, 0.1) is 33.5 Å². The van der Waals surface area contributed by atoms with Gasteiger partial charge >= 0.3 is 5.97 Å². The number of aliphatic hydroxyl groups is 1. The molecule has 1 aromatic heterocycles. The number of furan rings is 1. The van der Waals surface area contributed by atoms with E-state index in [1.54, 1.807) is 12.1 Å². The van der Waals surface area contributed by atoms with Crippen LogP contribution < -0.4 is 0 Å². The minimum absolute atomic E-state index is 0.000648. The zero-order chi connectivity index (χ0) is 25.3. The maximum absolute atomic E-state index is 13.5. The number of hydrogen-bond donors (Lipinski definition) is 1. The molecule has 6 rings (SSSR count). The topological polar surface area (TPSA) is 106 Å². The number of rotatable bonds is 2. The summed E-state index contributed by atoms with van der Waals surface area (Å²) in [5.74, 6) is -0.670. The molecule has 188 valence electrons. The lowest BCUT2D eigenvalue weighted by Crippen LogP contribution is -2.68. The maximum atomic E-state index is 13.5. The number of ether oxygens (including phenoxy) is 2. The summed E-state index contributed by atoms with van der Waals surface area (Å²) in [7, 11) is 0. The number of esters is 1. The Bertz CT molecular complexity index is 1180. The van der Waals surface area contributed by atoms with E-state index in [1.807, 2.05) is 20.8 Å². The third-order valence-corrected chi connectivity index (χ3v) is 11.0. The standard InChI is InChI=1S/C28H34O7/c1-14(29)34-20-12-17-24(2,3)22(31)21-23(35-21)27(17,6)16-7-9-25(4)18(26(16,20)5)11-19(30)28(25,32)15-8-10-33-13-15/h8,10-11,13,16-17,20-21,23,32H,7,9,12H2,1-6H3/t16?,17?,20-,21+,23+,25-,26-,27-,28+/m1/s1. The summed E-state index contributed by atoms with van der Waals surface area (Å²) in [4.78, 5) is 39.1. The molecule has 7 nitrogen and oxygen atoms in total. The first-order chi connectivity index (χ1) is 16.2. The van der Waals surface area contributed by atoms with Gasteiger partial charge in [0, 0.05) is 34.1 Å². The zero-order valence-corrected chi connectivity index (χ0v) is 21.2. The molecule has 7 heteroatoms. The second kappa shape index (κ2) is 6.54. The molecule has 5 aliphatic rings. The van der Waals surface area contributed by atoms with Crippen LogP contribution in [0.4, 0.5) is 0 Å². The van der Waals surface area contributed by atoms with Crippen LogP contribution in [-0.4, -0.2) is 41.0 Å². The molecule has 4 aliphatic carbocycles. The summed E-state index contributed by atoms with van der Waals surface area (Å²) in [5.41, 5.74) is -3.03. The SMILES string of the molecule is CC(=O)O[C@@H]1CC2C(C)(C)C(=O)[C@@H]3O[C@@H]3[C@]2(C)C2CC[C@]3(C)C(=CC(=O)[C@@]3(O)c3ccoc3)[C@@]21C. The highest BCUT2D eigenvalue weighted by Gasteiger charge is 2.78. The lowest BCUT2D eigenvalue weighted by molar-refractivity contribution is -0.208. The third-order valence-electron chi connectivity index (χ3n) is 11.0. The predicted molar refractivity (Wildman–Crippen MR) is 124 cm³/mol. The average molecular weight is 483 g/mol. The molecule has 0 amide bonds. The Morgan fingerprint density at radius 3 is 2.49 bits per heavy atom. The average Bonchev–Trinajstić information content (AvgIpc) is 3.34. The molecule has 1 aromatic rings. The number of fused-ring (bicyclic) bond motifs is 7. The summed E-state index contributed by atoms with van der Waals surface area (Å²) < 4.78 is 17.4. The van der Waals surface area contributed by atoms with Gasteiger partial charge in [-0.3, -0.25) is 14.4 Å². The van der Waals surface area contributed by atoms with Gasteiger partial charge in [-0.2, -0.15) is 0 Å². The first-order valence-corrected chi connectivity index (χ1v) is 12.6. The van der Waals surface area contributed by atoms with Crippen molar-refractivity contribution < 1.29 is 33.4 Å². The smallest absolute Gasteiger partial charge is 0.302 e. The first-order valence-electron chi connectivity index (χ1n) is 12.6. The van der Waals surface area contributed by atoms with E-state index in [1.165, 1.54) is 19.5 Å². The van der Waals surface area contributed by atoms with Crippen molar-refractivity contribution in [3.05, 3.63) is 35.8 Å². The van der Waals surface area contributed by atoms with Crippen molar-refractivity contribution in [1.29, 1.82) is 0 Å². The van der Waals surface area contributed by atoms with E-state index < -0.39 is 34.1 Å². The highest BCUT2D eigenvalue weighted by Crippen LogP contribution is 2.75. The molecule has 0 bridgehead atoms. The maximum Gasteiger partial charge on any atom is 0.302 e. The van der Waals surface area contributed by atoms with Crippen LogP contribution in [0.3, 0.4) is 0 Å². The molecule has 35 heavy (non-hydrogen) atoms. The quantitative estimate of drug-likeness (QED) is 0.506. The van der Waals surface area contributed by atoms with Crippen molar-refractivity contribution in [2.24, 2.45) is 33.5 Å². The van der Waals surface area contributed by atoms with E-state index in [4.69, 9.17) is 13.9 Å². The zero-order valence-electron chi connectivity index (χ0n) is 21.2. The largest absolute Gasteiger partial charge is 0.472 e. The van der Waals surface area contributed by atoms with E-state index in [-0.39, 0.29) is 40.9 Å². The predicted octanol–water partition coefficient (Wildman–Crippen LogP) is 3.73. The van der Waals surface area contributed by atoms with Crippen molar-refractivity contribution in [2.75, 3.05) is 0 Å². The van der Waals surface area contributed by atoms with Crippen LogP contribution in [0.2, 0.25) is 0 Å². The lowest BCUT2D eigenvalue weighted by atomic mass is 9.37. The van der Waals surface area contributed by atoms with Gasteiger partial charge in [-0.05, 0) is 48.8 Å². The van der Waals surface area contributed by atoms with Gasteiger partial charge in [-0.15, -0.1) is 0 Å². The molecule has 2 heterocycles. The fourth-order valence-corrected chi connectivity index (χ4v) is 9.25. The van der Waals surface area contributed by atoms with Gasteiger partial charge in [0.1, 0.15) is 12.2 Å². The summed E-state index contributed by atoms with van der Waals surface area (Å²) in [6.45, 7) is 11.7. The molecular weight excluding hydrogens is 448 g/mol. The highest BCUT2D eigenvalue weighted by atomic mass is 16.6. The molecule has 1 aliphatic heterocycles. The van der Waals surface area contributed by atoms with Crippen LogP contribution in [0.1, 0.15) is 66.4 Å². The van der Waals surface area contributed by atoms with Gasteiger partial charge in [0.25, 0.3) is 0 Å². The molecule has 0 radical (unpaired) electrons. The van der Waals surface area contributed by atoms with Gasteiger partial charge in [-0.25, -0.2) is 0 Å². The number of Topliss-reactive ketones (excluding diaryl/α,β-unsaturated/α-hetero) is 1. The van der Waals surface area contributed by atoms with Gasteiger partial charge in [-0.1, -0.05) is 34.6 Å². The number of hydrogen-bond acceptors (Lipinski definition) is 7. The minimum Gasteiger partial charge on any atom is -0.472 e. The van der Waals surface area contributed by atoms with E-state index in [9.17, 15) is 19.5 Å². The van der Waals surface area contributed by atoms with E-state index in [2.05, 4.69) is 13.8 Å². The molecule has 3 saturated carbocycles. The molecule has 1 saturated heterocycles. The fourth-order valence-electron chi connectivity index (χ4n) is 9.25. The Morgan fingerprint density at radius 2 is 1.86 bits per heavy atom. The number of carbonyl (C=O) groups is 3. The van der Waals surface area contributed by atoms with Crippen molar-refractivity contribution in [1.82, 2.24) is 0 Å². The molecule has 0 spiro atoms. The second-order valence-electron chi connectivity index (χ2n) is 12.7. The lowest BCUT2D eigenvalue weighted by Gasteiger charge is -2.67. The van der Waals surface area contributed by atoms with Gasteiger partial charge in [0.2, 0.25) is 0 Å². The fraction of sp³-hybridized carbons (Fsp3) is 0.679. The number of epoxide rings is 1. The second-order valence-corrected chi connectivity index (χ2v) is 12.7. The van der Waals surface area contributed by atoms with Crippen molar-refractivity contribution in [2.45, 2.75) is 84.7 Å².